The molecule has 1 aliphatic heterocycles. The van der Waals surface area contributed by atoms with E-state index in [-0.39, 0.29) is 23.6 Å². The number of nitrogens with one attached hydrogen (secondary N) is 1. The van der Waals surface area contributed by atoms with E-state index >= 15 is 0 Å². The minimum atomic E-state index is -0.421. The molecule has 2 N–H and O–H groups in total. The Morgan fingerprint density at radius 3 is 3.00 bits per heavy atom. The number of rotatable bonds is 4. The second kappa shape index (κ2) is 8.00. The molecule has 0 radical (unpaired) electrons. The number of aromatic hydroxyl groups is 1. The van der Waals surface area contributed by atoms with Crippen LogP contribution in [-0.2, 0) is 4.74 Å². The van der Waals surface area contributed by atoms with Crippen molar-refractivity contribution in [3.8, 4) is 11.4 Å². The Balaban J connectivity index is 1.46. The highest BCUT2D eigenvalue weighted by Gasteiger charge is 2.27. The number of pyridine rings is 1. The molecule has 4 rings (SSSR count). The van der Waals surface area contributed by atoms with Gasteiger partial charge < -0.3 is 15.2 Å². The first-order valence-corrected chi connectivity index (χ1v) is 9.35. The summed E-state index contributed by atoms with van der Waals surface area (Å²) in [5, 5.41) is 17.9. The quantitative estimate of drug-likeness (QED) is 0.704. The molecule has 1 aliphatic rings. The molecule has 1 aromatic carbocycles. The van der Waals surface area contributed by atoms with Crippen molar-refractivity contribution in [2.24, 2.45) is 0 Å². The molecular weight excluding hydrogens is 380 g/mol. The molecule has 0 unspecified atom stereocenters. The summed E-state index contributed by atoms with van der Waals surface area (Å²) in [7, 11) is 0. The van der Waals surface area contributed by atoms with E-state index in [1.54, 1.807) is 36.7 Å². The molecule has 1 saturated heterocycles. The van der Waals surface area contributed by atoms with Gasteiger partial charge in [-0.1, -0.05) is 23.7 Å². The van der Waals surface area contributed by atoms with Crippen LogP contribution in [0.3, 0.4) is 0 Å². The average Bonchev–Trinajstić information content (AvgIpc) is 3.11. The number of amides is 1. The summed E-state index contributed by atoms with van der Waals surface area (Å²) >= 11 is 6.00. The zero-order valence-corrected chi connectivity index (χ0v) is 15.7. The van der Waals surface area contributed by atoms with E-state index in [9.17, 15) is 9.90 Å². The van der Waals surface area contributed by atoms with E-state index in [1.165, 1.54) is 10.9 Å². The summed E-state index contributed by atoms with van der Waals surface area (Å²) in [5.74, 6) is -0.608. The Hall–Kier alpha value is -2.90. The highest BCUT2D eigenvalue weighted by atomic mass is 35.5. The van der Waals surface area contributed by atoms with Gasteiger partial charge in [0.2, 0.25) is 0 Å². The van der Waals surface area contributed by atoms with Crippen molar-refractivity contribution < 1.29 is 14.6 Å². The van der Waals surface area contributed by atoms with Crippen LogP contribution in [0.15, 0.2) is 55.0 Å². The number of ether oxygens (including phenoxy) is 1. The minimum Gasteiger partial charge on any atom is -0.504 e. The lowest BCUT2D eigenvalue weighted by Gasteiger charge is -2.30. The van der Waals surface area contributed by atoms with Crippen molar-refractivity contribution in [2.75, 3.05) is 6.61 Å². The molecule has 2 atom stereocenters. The molecule has 3 heterocycles. The summed E-state index contributed by atoms with van der Waals surface area (Å²) in [4.78, 5) is 16.8. The van der Waals surface area contributed by atoms with E-state index in [1.807, 2.05) is 12.1 Å². The van der Waals surface area contributed by atoms with Crippen LogP contribution in [0.4, 0.5) is 0 Å². The topological polar surface area (TPSA) is 89.3 Å². The van der Waals surface area contributed by atoms with Gasteiger partial charge in [-0.2, -0.15) is 5.10 Å². The summed E-state index contributed by atoms with van der Waals surface area (Å²) < 4.78 is 7.23. The maximum Gasteiger partial charge on any atom is 0.275 e. The van der Waals surface area contributed by atoms with Gasteiger partial charge in [-0.15, -0.1) is 0 Å². The maximum absolute atomic E-state index is 12.7. The molecule has 28 heavy (non-hydrogen) atoms. The minimum absolute atomic E-state index is 0.0237. The van der Waals surface area contributed by atoms with Crippen molar-refractivity contribution in [2.45, 2.75) is 25.0 Å². The summed E-state index contributed by atoms with van der Waals surface area (Å²) in [5.41, 5.74) is 1.61. The van der Waals surface area contributed by atoms with Crippen LogP contribution < -0.4 is 5.32 Å². The number of carbonyl (C=O) groups excluding carboxylic acids is 1. The first kappa shape index (κ1) is 18.5. The van der Waals surface area contributed by atoms with Crippen LogP contribution >= 0.6 is 11.6 Å². The summed E-state index contributed by atoms with van der Waals surface area (Å²) in [6.07, 6.45) is 6.08. The summed E-state index contributed by atoms with van der Waals surface area (Å²) in [6, 6.07) is 10.7. The molecule has 0 spiro atoms. The molecule has 0 bridgehead atoms. The number of hydrogen-bond acceptors (Lipinski definition) is 5. The Labute approximate surface area is 166 Å². The van der Waals surface area contributed by atoms with Crippen molar-refractivity contribution in [1.82, 2.24) is 20.1 Å². The van der Waals surface area contributed by atoms with Gasteiger partial charge in [0.05, 0.1) is 18.0 Å². The second-order valence-electron chi connectivity index (χ2n) is 6.63. The largest absolute Gasteiger partial charge is 0.504 e. The number of nitrogens with zero attached hydrogens (tertiary/aromatic N) is 3. The van der Waals surface area contributed by atoms with Gasteiger partial charge in [-0.25, -0.2) is 4.68 Å². The lowest BCUT2D eigenvalue weighted by atomic mass is 9.98. The zero-order chi connectivity index (χ0) is 19.5. The van der Waals surface area contributed by atoms with Crippen molar-refractivity contribution in [1.29, 1.82) is 0 Å². The molecule has 1 amide bonds. The van der Waals surface area contributed by atoms with E-state index < -0.39 is 5.91 Å². The molecule has 2 aromatic heterocycles. The van der Waals surface area contributed by atoms with Crippen LogP contribution in [0.5, 0.6) is 5.75 Å². The van der Waals surface area contributed by atoms with Crippen LogP contribution in [0, 0.1) is 0 Å². The van der Waals surface area contributed by atoms with Gasteiger partial charge in [0, 0.05) is 30.1 Å². The van der Waals surface area contributed by atoms with Gasteiger partial charge >= 0.3 is 0 Å². The molecule has 8 heteroatoms. The lowest BCUT2D eigenvalue weighted by Crippen LogP contribution is -2.40. The average molecular weight is 399 g/mol. The van der Waals surface area contributed by atoms with Crippen molar-refractivity contribution in [3.05, 3.63) is 71.3 Å². The predicted molar refractivity (Wildman–Crippen MR) is 104 cm³/mol. The van der Waals surface area contributed by atoms with E-state index in [0.717, 1.165) is 5.56 Å². The van der Waals surface area contributed by atoms with Crippen LogP contribution in [0.2, 0.25) is 5.02 Å². The smallest absolute Gasteiger partial charge is 0.275 e. The first-order chi connectivity index (χ1) is 13.6. The molecular formula is C20H19ClN4O3. The number of halogens is 1. The lowest BCUT2D eigenvalue weighted by molar-refractivity contribution is 0.000674. The fourth-order valence-electron chi connectivity index (χ4n) is 3.26. The fraction of sp³-hybridized carbons (Fsp3) is 0.250. The third kappa shape index (κ3) is 4.00. The molecule has 1 fully saturated rings. The Morgan fingerprint density at radius 1 is 1.32 bits per heavy atom. The van der Waals surface area contributed by atoms with Gasteiger partial charge in [0.1, 0.15) is 0 Å². The maximum atomic E-state index is 12.7. The number of benzene rings is 1. The Morgan fingerprint density at radius 2 is 2.21 bits per heavy atom. The summed E-state index contributed by atoms with van der Waals surface area (Å²) in [6.45, 7) is 0.535. The standard InChI is InChI=1S/C20H19ClN4O3/c21-14-4-1-5-16(9-14)25-12-17(26)19(24-25)20(27)23-15-6-8-28-18(10-15)13-3-2-7-22-11-13/h1-5,7,9,11-12,15,18,26H,6,8,10H2,(H,23,27)/t15-,18-/m1/s1. The zero-order valence-electron chi connectivity index (χ0n) is 15.0. The fourth-order valence-corrected chi connectivity index (χ4v) is 3.44. The normalized spacial score (nSPS) is 19.3. The highest BCUT2D eigenvalue weighted by Crippen LogP contribution is 2.28. The molecule has 7 nitrogen and oxygen atoms in total. The monoisotopic (exact) mass is 398 g/mol. The second-order valence-corrected chi connectivity index (χ2v) is 7.06. The first-order valence-electron chi connectivity index (χ1n) is 8.97. The highest BCUT2D eigenvalue weighted by molar-refractivity contribution is 6.30. The number of hydrogen-bond donors (Lipinski definition) is 2. The Kier molecular flexibility index (Phi) is 5.27. The van der Waals surface area contributed by atoms with Crippen LogP contribution in [-0.4, -0.2) is 38.4 Å². The Bertz CT molecular complexity index is 977. The van der Waals surface area contributed by atoms with Crippen molar-refractivity contribution in [3.63, 3.8) is 0 Å². The molecule has 0 aliphatic carbocycles. The van der Waals surface area contributed by atoms with Crippen LogP contribution in [0.1, 0.15) is 35.0 Å². The van der Waals surface area contributed by atoms with Gasteiger partial charge in [0.15, 0.2) is 11.4 Å². The van der Waals surface area contributed by atoms with E-state index in [2.05, 4.69) is 15.4 Å². The third-order valence-electron chi connectivity index (χ3n) is 4.66. The number of aromatic nitrogens is 3. The molecule has 0 saturated carbocycles. The van der Waals surface area contributed by atoms with Crippen LogP contribution in [0.25, 0.3) is 5.69 Å². The number of carbonyl (C=O) groups is 1. The van der Waals surface area contributed by atoms with E-state index in [4.69, 9.17) is 16.3 Å². The molecule has 144 valence electrons. The van der Waals surface area contributed by atoms with Gasteiger partial charge in [0.25, 0.3) is 5.91 Å². The molecule has 3 aromatic rings. The predicted octanol–water partition coefficient (Wildman–Crippen LogP) is 3.28. The van der Waals surface area contributed by atoms with Gasteiger partial charge in [-0.05, 0) is 42.7 Å². The SMILES string of the molecule is O=C(N[C@@H]1CCO[C@@H](c2cccnc2)C1)c1nn(-c2cccc(Cl)c2)cc1O. The van der Waals surface area contributed by atoms with Gasteiger partial charge in [-0.3, -0.25) is 9.78 Å². The van der Waals surface area contributed by atoms with E-state index in [0.29, 0.717) is 30.2 Å². The van der Waals surface area contributed by atoms with Crippen molar-refractivity contribution >= 4 is 17.5 Å². The third-order valence-corrected chi connectivity index (χ3v) is 4.89.